The molecule has 0 aliphatic rings. The van der Waals surface area contributed by atoms with E-state index in [2.05, 4.69) is 10.3 Å². The fraction of sp³-hybridized carbons (Fsp3) is 0.0455. The van der Waals surface area contributed by atoms with Gasteiger partial charge in [0, 0.05) is 22.7 Å². The van der Waals surface area contributed by atoms with E-state index >= 15 is 0 Å². The number of carboxylic acid groups (broad SMARTS) is 1. The van der Waals surface area contributed by atoms with Crippen molar-refractivity contribution in [3.05, 3.63) is 78.1 Å². The van der Waals surface area contributed by atoms with Crippen LogP contribution in [0.5, 0.6) is 0 Å². The van der Waals surface area contributed by atoms with E-state index in [1.54, 1.807) is 24.5 Å². The van der Waals surface area contributed by atoms with Gasteiger partial charge in [0.15, 0.2) is 0 Å². The third-order valence-corrected chi connectivity index (χ3v) is 4.87. The summed E-state index contributed by atoms with van der Waals surface area (Å²) >= 11 is 0. The topological polar surface area (TPSA) is 79.5 Å². The van der Waals surface area contributed by atoms with Crippen molar-refractivity contribution in [3.8, 4) is 0 Å². The number of pyridine rings is 1. The minimum absolute atomic E-state index is 0.254. The summed E-state index contributed by atoms with van der Waals surface area (Å²) in [5.74, 6) is -0.214. The van der Waals surface area contributed by atoms with Crippen LogP contribution in [0.1, 0.15) is 15.9 Å². The first-order chi connectivity index (χ1) is 13.6. The van der Waals surface area contributed by atoms with Gasteiger partial charge in [0.2, 0.25) is 0 Å². The van der Waals surface area contributed by atoms with Crippen molar-refractivity contribution in [1.82, 2.24) is 14.4 Å². The van der Waals surface area contributed by atoms with E-state index in [9.17, 15) is 9.90 Å². The summed E-state index contributed by atoms with van der Waals surface area (Å²) in [6, 6.07) is 17.0. The number of carbonyl (C=O) groups is 1. The quantitative estimate of drug-likeness (QED) is 0.479. The Morgan fingerprint density at radius 2 is 1.86 bits per heavy atom. The van der Waals surface area contributed by atoms with Crippen LogP contribution in [0.4, 0.5) is 11.5 Å². The minimum atomic E-state index is -0.946. The van der Waals surface area contributed by atoms with E-state index in [-0.39, 0.29) is 5.56 Å². The van der Waals surface area contributed by atoms with E-state index in [4.69, 9.17) is 4.98 Å². The van der Waals surface area contributed by atoms with Gasteiger partial charge in [-0.15, -0.1) is 0 Å². The zero-order valence-electron chi connectivity index (χ0n) is 15.0. The summed E-state index contributed by atoms with van der Waals surface area (Å²) in [5.41, 5.74) is 4.92. The molecule has 6 nitrogen and oxygen atoms in total. The van der Waals surface area contributed by atoms with Gasteiger partial charge in [-0.05, 0) is 49.4 Å². The first kappa shape index (κ1) is 16.3. The SMILES string of the molecule is Cc1ccc(Nc2nc3cc4cc(C(=O)O)ccc4n3c3cnccc23)cc1. The minimum Gasteiger partial charge on any atom is -0.478 e. The second-order valence-corrected chi connectivity index (χ2v) is 6.76. The molecule has 0 atom stereocenters. The van der Waals surface area contributed by atoms with Crippen LogP contribution in [0.15, 0.2) is 67.0 Å². The smallest absolute Gasteiger partial charge is 0.335 e. The lowest BCUT2D eigenvalue weighted by atomic mass is 10.1. The lowest BCUT2D eigenvalue weighted by Gasteiger charge is -2.11. The molecule has 2 N–H and O–H groups in total. The fourth-order valence-electron chi connectivity index (χ4n) is 3.48. The van der Waals surface area contributed by atoms with E-state index in [1.165, 1.54) is 5.56 Å². The molecule has 5 aromatic rings. The first-order valence-corrected chi connectivity index (χ1v) is 8.86. The molecule has 136 valence electrons. The number of rotatable bonds is 3. The number of fused-ring (bicyclic) bond motifs is 5. The van der Waals surface area contributed by atoms with Crippen LogP contribution in [-0.4, -0.2) is 25.4 Å². The van der Waals surface area contributed by atoms with Gasteiger partial charge in [-0.25, -0.2) is 9.78 Å². The molecule has 0 fully saturated rings. The molecule has 0 spiro atoms. The Morgan fingerprint density at radius 3 is 2.64 bits per heavy atom. The Bertz CT molecular complexity index is 1370. The van der Waals surface area contributed by atoms with Crippen LogP contribution < -0.4 is 5.32 Å². The number of aromatic nitrogens is 3. The summed E-state index contributed by atoms with van der Waals surface area (Å²) < 4.78 is 2.00. The molecule has 0 bridgehead atoms. The highest BCUT2D eigenvalue weighted by atomic mass is 16.4. The zero-order chi connectivity index (χ0) is 19.3. The number of hydrogen-bond donors (Lipinski definition) is 2. The van der Waals surface area contributed by atoms with Gasteiger partial charge in [0.1, 0.15) is 11.5 Å². The van der Waals surface area contributed by atoms with E-state index < -0.39 is 5.97 Å². The fourth-order valence-corrected chi connectivity index (χ4v) is 3.48. The molecule has 0 aliphatic carbocycles. The second kappa shape index (κ2) is 6.06. The van der Waals surface area contributed by atoms with Crippen molar-refractivity contribution >= 4 is 44.9 Å². The van der Waals surface area contributed by atoms with Crippen molar-refractivity contribution in [3.63, 3.8) is 0 Å². The van der Waals surface area contributed by atoms with E-state index in [1.807, 2.05) is 53.8 Å². The Hall–Kier alpha value is -3.93. The summed E-state index contributed by atoms with van der Waals surface area (Å²) in [7, 11) is 0. The lowest BCUT2D eigenvalue weighted by molar-refractivity contribution is 0.0697. The number of aromatic carboxylic acids is 1. The summed E-state index contributed by atoms with van der Waals surface area (Å²) in [6.07, 6.45) is 3.54. The van der Waals surface area contributed by atoms with Crippen LogP contribution in [0.25, 0.3) is 27.5 Å². The number of aryl methyl sites for hydroxylation is 1. The average molecular weight is 368 g/mol. The summed E-state index contributed by atoms with van der Waals surface area (Å²) in [5, 5.41) is 14.4. The maximum absolute atomic E-state index is 11.3. The maximum Gasteiger partial charge on any atom is 0.335 e. The van der Waals surface area contributed by atoms with Crippen LogP contribution in [-0.2, 0) is 0 Å². The molecule has 2 aromatic carbocycles. The molecular weight excluding hydrogens is 352 g/mol. The Balaban J connectivity index is 1.77. The average Bonchev–Trinajstić information content (AvgIpc) is 3.07. The molecule has 0 unspecified atom stereocenters. The monoisotopic (exact) mass is 368 g/mol. The third-order valence-electron chi connectivity index (χ3n) is 4.87. The number of benzene rings is 2. The van der Waals surface area contributed by atoms with Gasteiger partial charge in [0.25, 0.3) is 0 Å². The normalized spacial score (nSPS) is 11.3. The van der Waals surface area contributed by atoms with Crippen molar-refractivity contribution < 1.29 is 9.90 Å². The molecule has 0 amide bonds. The second-order valence-electron chi connectivity index (χ2n) is 6.76. The molecule has 0 saturated carbocycles. The Kier molecular flexibility index (Phi) is 3.52. The first-order valence-electron chi connectivity index (χ1n) is 8.86. The molecular formula is C22H16N4O2. The molecule has 5 rings (SSSR count). The molecule has 28 heavy (non-hydrogen) atoms. The van der Waals surface area contributed by atoms with Crippen molar-refractivity contribution in [2.75, 3.05) is 5.32 Å². The Morgan fingerprint density at radius 1 is 1.04 bits per heavy atom. The predicted octanol–water partition coefficient (Wildman–Crippen LogP) is 4.79. The number of anilines is 2. The van der Waals surface area contributed by atoms with Crippen molar-refractivity contribution in [2.45, 2.75) is 6.92 Å². The van der Waals surface area contributed by atoms with Gasteiger partial charge in [-0.1, -0.05) is 17.7 Å². The van der Waals surface area contributed by atoms with Gasteiger partial charge in [-0.2, -0.15) is 0 Å². The summed E-state index contributed by atoms with van der Waals surface area (Å²) in [4.78, 5) is 20.4. The standard InChI is InChI=1S/C22H16N4O2/c1-13-2-5-16(6-3-13)24-21-17-8-9-23-12-19(17)26-18-7-4-14(22(27)28)10-15(18)11-20(26)25-21/h2-12H,1H3,(H,24,25)(H,27,28). The highest BCUT2D eigenvalue weighted by Crippen LogP contribution is 2.30. The van der Waals surface area contributed by atoms with Crippen LogP contribution in [0.2, 0.25) is 0 Å². The van der Waals surface area contributed by atoms with Crippen molar-refractivity contribution in [2.24, 2.45) is 0 Å². The molecule has 3 aromatic heterocycles. The van der Waals surface area contributed by atoms with Crippen LogP contribution in [0, 0.1) is 6.92 Å². The number of nitrogens with zero attached hydrogens (tertiary/aromatic N) is 3. The number of carboxylic acids is 1. The van der Waals surface area contributed by atoms with E-state index in [0.717, 1.165) is 39.0 Å². The maximum atomic E-state index is 11.3. The van der Waals surface area contributed by atoms with Crippen molar-refractivity contribution in [1.29, 1.82) is 0 Å². The van der Waals surface area contributed by atoms with Crippen LogP contribution >= 0.6 is 0 Å². The molecule has 6 heteroatoms. The lowest BCUT2D eigenvalue weighted by Crippen LogP contribution is -2.00. The van der Waals surface area contributed by atoms with Gasteiger partial charge in [-0.3, -0.25) is 9.38 Å². The molecule has 0 saturated heterocycles. The van der Waals surface area contributed by atoms with Crippen LogP contribution in [0.3, 0.4) is 0 Å². The highest BCUT2D eigenvalue weighted by molar-refractivity contribution is 6.00. The zero-order valence-corrected chi connectivity index (χ0v) is 15.0. The van der Waals surface area contributed by atoms with Gasteiger partial charge < -0.3 is 10.4 Å². The predicted molar refractivity (Wildman–Crippen MR) is 109 cm³/mol. The summed E-state index contributed by atoms with van der Waals surface area (Å²) in [6.45, 7) is 2.05. The van der Waals surface area contributed by atoms with Gasteiger partial charge in [0.05, 0.1) is 22.8 Å². The highest BCUT2D eigenvalue weighted by Gasteiger charge is 2.14. The third kappa shape index (κ3) is 2.54. The molecule has 0 radical (unpaired) electrons. The van der Waals surface area contributed by atoms with E-state index in [0.29, 0.717) is 0 Å². The molecule has 3 heterocycles. The molecule has 0 aliphatic heterocycles. The number of nitrogens with one attached hydrogen (secondary N) is 1. The number of hydrogen-bond acceptors (Lipinski definition) is 4. The largest absolute Gasteiger partial charge is 0.478 e. The van der Waals surface area contributed by atoms with Gasteiger partial charge >= 0.3 is 5.97 Å². The Labute approximate surface area is 160 Å².